The molecular formula is C23H29NO3S. The molecule has 2 aromatic carbocycles. The highest BCUT2D eigenvalue weighted by Gasteiger charge is 2.19. The highest BCUT2D eigenvalue weighted by atomic mass is 32.2. The lowest BCUT2D eigenvalue weighted by Crippen LogP contribution is -2.27. The number of amides is 1. The van der Waals surface area contributed by atoms with Crippen molar-refractivity contribution in [1.82, 2.24) is 5.32 Å². The van der Waals surface area contributed by atoms with Crippen LogP contribution in [-0.4, -0.2) is 30.5 Å². The Hall–Kier alpha value is -1.98. The molecule has 1 fully saturated rings. The van der Waals surface area contributed by atoms with Gasteiger partial charge in [-0.1, -0.05) is 24.3 Å². The molecule has 2 aromatic rings. The van der Waals surface area contributed by atoms with Crippen LogP contribution in [0.4, 0.5) is 0 Å². The van der Waals surface area contributed by atoms with Crippen molar-refractivity contribution in [3.63, 3.8) is 0 Å². The van der Waals surface area contributed by atoms with Crippen LogP contribution in [0.25, 0.3) is 0 Å². The summed E-state index contributed by atoms with van der Waals surface area (Å²) in [6.45, 7) is 6.86. The van der Waals surface area contributed by atoms with Gasteiger partial charge in [-0.25, -0.2) is 0 Å². The van der Waals surface area contributed by atoms with Gasteiger partial charge in [0.05, 0.1) is 23.8 Å². The van der Waals surface area contributed by atoms with Gasteiger partial charge in [-0.05, 0) is 63.4 Å². The number of nitrogens with one attached hydrogen (secondary N) is 1. The number of carbonyl (C=O) groups excluding carboxylic acids is 1. The Bertz CT molecular complexity index is 770. The molecule has 1 heterocycles. The predicted molar refractivity (Wildman–Crippen MR) is 114 cm³/mol. The fourth-order valence-corrected chi connectivity index (χ4v) is 4.32. The summed E-state index contributed by atoms with van der Waals surface area (Å²) in [4.78, 5) is 13.9. The summed E-state index contributed by atoms with van der Waals surface area (Å²) in [5.41, 5.74) is 1.77. The third-order valence-corrected chi connectivity index (χ3v) is 5.89. The second kappa shape index (κ2) is 9.99. The molecule has 1 saturated heterocycles. The maximum absolute atomic E-state index is 12.9. The number of hydrogen-bond acceptors (Lipinski definition) is 4. The van der Waals surface area contributed by atoms with E-state index in [0.29, 0.717) is 6.10 Å². The molecule has 0 bridgehead atoms. The maximum atomic E-state index is 12.9. The summed E-state index contributed by atoms with van der Waals surface area (Å²) >= 11 is 1.70. The first-order chi connectivity index (χ1) is 13.5. The van der Waals surface area contributed by atoms with Crippen LogP contribution >= 0.6 is 11.8 Å². The minimum absolute atomic E-state index is 0.0505. The van der Waals surface area contributed by atoms with Crippen LogP contribution in [0, 0.1) is 0 Å². The van der Waals surface area contributed by atoms with E-state index < -0.39 is 0 Å². The molecule has 1 aliphatic rings. The summed E-state index contributed by atoms with van der Waals surface area (Å²) < 4.78 is 11.4. The van der Waals surface area contributed by atoms with Gasteiger partial charge in [0.25, 0.3) is 5.91 Å². The van der Waals surface area contributed by atoms with Gasteiger partial charge in [-0.15, -0.1) is 11.8 Å². The van der Waals surface area contributed by atoms with Crippen molar-refractivity contribution in [2.45, 2.75) is 56.8 Å². The molecule has 5 heteroatoms. The standard InChI is InChI=1S/C23H29NO3S/c1-16(2)27-19-12-10-18(11-13-19)17(3)24-23(25)21-8-4-5-9-22(21)28-15-20-7-6-14-26-20/h4-5,8-13,16-17,20H,6-7,14-15H2,1-3H3,(H,24,25). The Kier molecular flexibility index (Phi) is 7.40. The minimum atomic E-state index is -0.0863. The largest absolute Gasteiger partial charge is 0.491 e. The van der Waals surface area contributed by atoms with Crippen molar-refractivity contribution >= 4 is 17.7 Å². The van der Waals surface area contributed by atoms with Crippen LogP contribution in [0.1, 0.15) is 55.6 Å². The first-order valence-electron chi connectivity index (χ1n) is 9.94. The molecule has 4 nitrogen and oxygen atoms in total. The third kappa shape index (κ3) is 5.76. The lowest BCUT2D eigenvalue weighted by molar-refractivity contribution is 0.0936. The van der Waals surface area contributed by atoms with Crippen LogP contribution < -0.4 is 10.1 Å². The second-order valence-corrected chi connectivity index (χ2v) is 8.43. The zero-order valence-corrected chi connectivity index (χ0v) is 17.6. The van der Waals surface area contributed by atoms with Crippen molar-refractivity contribution in [3.05, 3.63) is 59.7 Å². The van der Waals surface area contributed by atoms with Crippen LogP contribution in [0.2, 0.25) is 0 Å². The number of thioether (sulfide) groups is 1. The molecule has 150 valence electrons. The molecular weight excluding hydrogens is 370 g/mol. The molecule has 0 spiro atoms. The van der Waals surface area contributed by atoms with E-state index in [-0.39, 0.29) is 18.1 Å². The van der Waals surface area contributed by atoms with Crippen LogP contribution in [0.15, 0.2) is 53.4 Å². The summed E-state index contributed by atoms with van der Waals surface area (Å²) in [7, 11) is 0. The number of rotatable bonds is 8. The molecule has 3 rings (SSSR count). The predicted octanol–water partition coefficient (Wildman–Crippen LogP) is 5.24. The van der Waals surface area contributed by atoms with Crippen molar-refractivity contribution in [3.8, 4) is 5.75 Å². The average Bonchev–Trinajstić information content (AvgIpc) is 3.20. The third-order valence-electron chi connectivity index (χ3n) is 4.68. The smallest absolute Gasteiger partial charge is 0.252 e. The van der Waals surface area contributed by atoms with E-state index in [4.69, 9.17) is 9.47 Å². The van der Waals surface area contributed by atoms with Gasteiger partial charge in [0, 0.05) is 17.3 Å². The van der Waals surface area contributed by atoms with Gasteiger partial charge in [0.1, 0.15) is 5.75 Å². The van der Waals surface area contributed by atoms with Crippen molar-refractivity contribution in [2.75, 3.05) is 12.4 Å². The summed E-state index contributed by atoms with van der Waals surface area (Å²) in [6, 6.07) is 15.6. The molecule has 2 unspecified atom stereocenters. The van der Waals surface area contributed by atoms with Crippen LogP contribution in [-0.2, 0) is 4.74 Å². The quantitative estimate of drug-likeness (QED) is 0.617. The highest BCUT2D eigenvalue weighted by Crippen LogP contribution is 2.27. The van der Waals surface area contributed by atoms with E-state index >= 15 is 0 Å². The Morgan fingerprint density at radius 3 is 2.61 bits per heavy atom. The van der Waals surface area contributed by atoms with E-state index in [1.54, 1.807) is 11.8 Å². The molecule has 28 heavy (non-hydrogen) atoms. The molecule has 0 radical (unpaired) electrons. The topological polar surface area (TPSA) is 47.6 Å². The molecule has 2 atom stereocenters. The summed E-state index contributed by atoms with van der Waals surface area (Å²) in [5.74, 6) is 1.68. The fourth-order valence-electron chi connectivity index (χ4n) is 3.20. The van der Waals surface area contributed by atoms with Gasteiger partial charge < -0.3 is 14.8 Å². The van der Waals surface area contributed by atoms with Gasteiger partial charge in [-0.3, -0.25) is 4.79 Å². The molecule has 0 aromatic heterocycles. The Balaban J connectivity index is 1.62. The van der Waals surface area contributed by atoms with Crippen molar-refractivity contribution in [1.29, 1.82) is 0 Å². The number of hydrogen-bond donors (Lipinski definition) is 1. The maximum Gasteiger partial charge on any atom is 0.252 e. The van der Waals surface area contributed by atoms with Crippen LogP contribution in [0.3, 0.4) is 0 Å². The van der Waals surface area contributed by atoms with E-state index in [9.17, 15) is 4.79 Å². The van der Waals surface area contributed by atoms with Gasteiger partial charge in [0.15, 0.2) is 0 Å². The normalized spacial score (nSPS) is 17.5. The van der Waals surface area contributed by atoms with Crippen molar-refractivity contribution < 1.29 is 14.3 Å². The Morgan fingerprint density at radius 2 is 1.93 bits per heavy atom. The van der Waals surface area contributed by atoms with Gasteiger partial charge >= 0.3 is 0 Å². The average molecular weight is 400 g/mol. The molecule has 1 N–H and O–H groups in total. The lowest BCUT2D eigenvalue weighted by Gasteiger charge is -2.17. The number of carbonyl (C=O) groups is 1. The zero-order chi connectivity index (χ0) is 19.9. The highest BCUT2D eigenvalue weighted by molar-refractivity contribution is 7.99. The number of ether oxygens (including phenoxy) is 2. The molecule has 0 saturated carbocycles. The number of benzene rings is 2. The van der Waals surface area contributed by atoms with Crippen molar-refractivity contribution in [2.24, 2.45) is 0 Å². The van der Waals surface area contributed by atoms with Gasteiger partial charge in [0.2, 0.25) is 0 Å². The zero-order valence-electron chi connectivity index (χ0n) is 16.8. The molecule has 1 aliphatic heterocycles. The summed E-state index contributed by atoms with van der Waals surface area (Å²) in [5, 5.41) is 3.12. The minimum Gasteiger partial charge on any atom is -0.491 e. The van der Waals surface area contributed by atoms with Crippen LogP contribution in [0.5, 0.6) is 5.75 Å². The SMILES string of the molecule is CC(C)Oc1ccc(C(C)NC(=O)c2ccccc2SCC2CCCO2)cc1. The summed E-state index contributed by atoms with van der Waals surface area (Å²) in [6.07, 6.45) is 2.68. The monoisotopic (exact) mass is 399 g/mol. The molecule has 1 amide bonds. The fraction of sp³-hybridized carbons (Fsp3) is 0.435. The lowest BCUT2D eigenvalue weighted by atomic mass is 10.1. The van der Waals surface area contributed by atoms with E-state index in [2.05, 4.69) is 5.32 Å². The Morgan fingerprint density at radius 1 is 1.18 bits per heavy atom. The Labute approximate surface area is 172 Å². The van der Waals surface area contributed by atoms with E-state index in [1.165, 1.54) is 0 Å². The van der Waals surface area contributed by atoms with E-state index in [0.717, 1.165) is 47.0 Å². The first-order valence-corrected chi connectivity index (χ1v) is 10.9. The molecule has 0 aliphatic carbocycles. The van der Waals surface area contributed by atoms with E-state index in [1.807, 2.05) is 69.3 Å². The second-order valence-electron chi connectivity index (χ2n) is 7.37. The first kappa shape index (κ1) is 20.7. The van der Waals surface area contributed by atoms with Gasteiger partial charge in [-0.2, -0.15) is 0 Å².